The monoisotopic (exact) mass is 250 g/mol. The lowest BCUT2D eigenvalue weighted by molar-refractivity contribution is 0.0525. The van der Waals surface area contributed by atoms with E-state index in [-0.39, 0.29) is 12.5 Å². The summed E-state index contributed by atoms with van der Waals surface area (Å²) in [5, 5.41) is 0.470. The van der Waals surface area contributed by atoms with Crippen molar-refractivity contribution in [1.82, 2.24) is 0 Å². The summed E-state index contributed by atoms with van der Waals surface area (Å²) >= 11 is 0. The first-order valence-electron chi connectivity index (χ1n) is 5.93. The Balaban J connectivity index is 2.68. The van der Waals surface area contributed by atoms with E-state index in [1.807, 2.05) is 13.8 Å². The van der Waals surface area contributed by atoms with Crippen molar-refractivity contribution >= 4 is 16.9 Å². The lowest BCUT2D eigenvalue weighted by Crippen LogP contribution is -2.07. The third-order valence-corrected chi connectivity index (χ3v) is 2.68. The molecule has 0 saturated carbocycles. The van der Waals surface area contributed by atoms with Gasteiger partial charge in [-0.15, -0.1) is 0 Å². The smallest absolute Gasteiger partial charge is 0.342 e. The highest BCUT2D eigenvalue weighted by Gasteiger charge is 2.24. The first kappa shape index (κ1) is 12.6. The van der Waals surface area contributed by atoms with Crippen molar-refractivity contribution in [3.63, 3.8) is 0 Å². The average Bonchev–Trinajstić information content (AvgIpc) is 2.67. The Kier molecular flexibility index (Phi) is 3.36. The maximum absolute atomic E-state index is 13.3. The second-order valence-corrected chi connectivity index (χ2v) is 4.36. The average molecular weight is 250 g/mol. The summed E-state index contributed by atoms with van der Waals surface area (Å²) in [6, 6.07) is 4.14. The number of esters is 1. The van der Waals surface area contributed by atoms with Crippen molar-refractivity contribution < 1.29 is 18.3 Å². The molecule has 1 aromatic carbocycles. The predicted octanol–water partition coefficient (Wildman–Crippen LogP) is 3.87. The van der Waals surface area contributed by atoms with E-state index in [9.17, 15) is 9.18 Å². The molecule has 0 N–H and O–H groups in total. The minimum atomic E-state index is -0.467. The van der Waals surface area contributed by atoms with Crippen LogP contribution >= 0.6 is 0 Å². The number of rotatable bonds is 3. The van der Waals surface area contributed by atoms with Gasteiger partial charge in [-0.2, -0.15) is 0 Å². The molecule has 0 bridgehead atoms. The lowest BCUT2D eigenvalue weighted by atomic mass is 10.0. The van der Waals surface area contributed by atoms with E-state index in [1.54, 1.807) is 6.92 Å². The number of furan rings is 1. The van der Waals surface area contributed by atoms with Gasteiger partial charge in [-0.1, -0.05) is 13.8 Å². The van der Waals surface area contributed by atoms with Crippen LogP contribution in [0.25, 0.3) is 11.0 Å². The van der Waals surface area contributed by atoms with Crippen molar-refractivity contribution in [2.45, 2.75) is 26.7 Å². The van der Waals surface area contributed by atoms with Crippen LogP contribution in [0.15, 0.2) is 22.6 Å². The van der Waals surface area contributed by atoms with Gasteiger partial charge in [0, 0.05) is 11.3 Å². The molecule has 0 spiro atoms. The molecule has 0 saturated heterocycles. The number of hydrogen-bond donors (Lipinski definition) is 0. The Morgan fingerprint density at radius 1 is 1.44 bits per heavy atom. The molecule has 0 aliphatic carbocycles. The first-order valence-corrected chi connectivity index (χ1v) is 5.93. The largest absolute Gasteiger partial charge is 0.462 e. The summed E-state index contributed by atoms with van der Waals surface area (Å²) in [5.74, 6) is -0.302. The molecule has 1 heterocycles. The molecule has 0 fully saturated rings. The van der Waals surface area contributed by atoms with E-state index in [1.165, 1.54) is 18.2 Å². The maximum atomic E-state index is 13.3. The van der Waals surface area contributed by atoms with E-state index >= 15 is 0 Å². The number of ether oxygens (including phenoxy) is 1. The van der Waals surface area contributed by atoms with Crippen molar-refractivity contribution in [3.8, 4) is 0 Å². The highest BCUT2D eigenvalue weighted by Crippen LogP contribution is 2.31. The zero-order valence-electron chi connectivity index (χ0n) is 10.6. The summed E-state index contributed by atoms with van der Waals surface area (Å²) in [4.78, 5) is 12.0. The topological polar surface area (TPSA) is 39.4 Å². The van der Waals surface area contributed by atoms with Gasteiger partial charge >= 0.3 is 5.97 Å². The van der Waals surface area contributed by atoms with E-state index in [4.69, 9.17) is 9.15 Å². The van der Waals surface area contributed by atoms with Crippen LogP contribution in [0.1, 0.15) is 42.8 Å². The molecule has 0 aliphatic heterocycles. The molecule has 18 heavy (non-hydrogen) atoms. The zero-order valence-corrected chi connectivity index (χ0v) is 10.6. The summed E-state index contributed by atoms with van der Waals surface area (Å²) in [7, 11) is 0. The van der Waals surface area contributed by atoms with Crippen LogP contribution in [0.4, 0.5) is 4.39 Å². The number of hydrogen-bond acceptors (Lipinski definition) is 3. The van der Waals surface area contributed by atoms with Crippen LogP contribution in [0.2, 0.25) is 0 Å². The van der Waals surface area contributed by atoms with Gasteiger partial charge in [0.15, 0.2) is 0 Å². The van der Waals surface area contributed by atoms with E-state index < -0.39 is 11.8 Å². The summed E-state index contributed by atoms with van der Waals surface area (Å²) in [6.45, 7) is 5.84. The third kappa shape index (κ3) is 2.10. The Bertz CT molecular complexity index is 584. The molecule has 0 aliphatic rings. The third-order valence-electron chi connectivity index (χ3n) is 2.68. The second-order valence-electron chi connectivity index (χ2n) is 4.36. The lowest BCUT2D eigenvalue weighted by Gasteiger charge is -2.05. The standard InChI is InChI=1S/C14H15FO3/c1-4-17-14(16)12-10-7-9(15)5-6-11(10)18-13(12)8(2)3/h5-8H,4H2,1-3H3. The molecule has 0 amide bonds. The fourth-order valence-corrected chi connectivity index (χ4v) is 1.91. The van der Waals surface area contributed by atoms with Crippen molar-refractivity contribution in [2.75, 3.05) is 6.61 Å². The van der Waals surface area contributed by atoms with Crippen molar-refractivity contribution in [2.24, 2.45) is 0 Å². The quantitative estimate of drug-likeness (QED) is 0.776. The molecular weight excluding hydrogens is 235 g/mol. The van der Waals surface area contributed by atoms with E-state index in [2.05, 4.69) is 0 Å². The summed E-state index contributed by atoms with van der Waals surface area (Å²) < 4.78 is 23.9. The van der Waals surface area contributed by atoms with Gasteiger partial charge in [-0.3, -0.25) is 0 Å². The molecule has 96 valence electrons. The highest BCUT2D eigenvalue weighted by atomic mass is 19.1. The van der Waals surface area contributed by atoms with Crippen molar-refractivity contribution in [1.29, 1.82) is 0 Å². The Hall–Kier alpha value is -1.84. The molecule has 0 atom stereocenters. The van der Waals surface area contributed by atoms with Gasteiger partial charge in [-0.25, -0.2) is 9.18 Å². The van der Waals surface area contributed by atoms with Gasteiger partial charge in [0.1, 0.15) is 22.7 Å². The van der Waals surface area contributed by atoms with Crippen LogP contribution in [-0.2, 0) is 4.74 Å². The van der Waals surface area contributed by atoms with Crippen LogP contribution in [0.5, 0.6) is 0 Å². The van der Waals surface area contributed by atoms with Crippen molar-refractivity contribution in [3.05, 3.63) is 35.3 Å². The number of benzene rings is 1. The minimum absolute atomic E-state index is 0.0277. The molecule has 0 radical (unpaired) electrons. The van der Waals surface area contributed by atoms with Gasteiger partial charge < -0.3 is 9.15 Å². The zero-order chi connectivity index (χ0) is 13.3. The second kappa shape index (κ2) is 4.80. The predicted molar refractivity (Wildman–Crippen MR) is 66.2 cm³/mol. The molecule has 2 rings (SSSR count). The molecule has 4 heteroatoms. The van der Waals surface area contributed by atoms with Crippen LogP contribution in [0.3, 0.4) is 0 Å². The van der Waals surface area contributed by atoms with E-state index in [0.717, 1.165) is 0 Å². The number of carbonyl (C=O) groups is 1. The Labute approximate surface area is 105 Å². The Morgan fingerprint density at radius 3 is 2.78 bits per heavy atom. The number of carbonyl (C=O) groups excluding carboxylic acids is 1. The van der Waals surface area contributed by atoms with Gasteiger partial charge in [0.2, 0.25) is 0 Å². The molecule has 2 aromatic rings. The van der Waals surface area contributed by atoms with Gasteiger partial charge in [0.05, 0.1) is 6.61 Å². The van der Waals surface area contributed by atoms with Gasteiger partial charge in [-0.05, 0) is 25.1 Å². The van der Waals surface area contributed by atoms with Gasteiger partial charge in [0.25, 0.3) is 0 Å². The minimum Gasteiger partial charge on any atom is -0.462 e. The molecule has 3 nitrogen and oxygen atoms in total. The molecule has 0 unspecified atom stereocenters. The fraction of sp³-hybridized carbons (Fsp3) is 0.357. The summed E-state index contributed by atoms with van der Waals surface area (Å²) in [6.07, 6.45) is 0. The molecular formula is C14H15FO3. The van der Waals surface area contributed by atoms with Crippen LogP contribution in [-0.4, -0.2) is 12.6 Å². The van der Waals surface area contributed by atoms with Crippen LogP contribution < -0.4 is 0 Å². The fourth-order valence-electron chi connectivity index (χ4n) is 1.91. The van der Waals surface area contributed by atoms with E-state index in [0.29, 0.717) is 22.3 Å². The highest BCUT2D eigenvalue weighted by molar-refractivity contribution is 6.04. The maximum Gasteiger partial charge on any atom is 0.342 e. The normalized spacial score (nSPS) is 11.2. The number of halogens is 1. The Morgan fingerprint density at radius 2 is 2.17 bits per heavy atom. The van der Waals surface area contributed by atoms with Crippen LogP contribution in [0, 0.1) is 5.82 Å². The molecule has 1 aromatic heterocycles. The first-order chi connectivity index (χ1) is 8.54. The summed E-state index contributed by atoms with van der Waals surface area (Å²) in [5.41, 5.74) is 0.838. The number of fused-ring (bicyclic) bond motifs is 1. The SMILES string of the molecule is CCOC(=O)c1c(C(C)C)oc2ccc(F)cc12.